The summed E-state index contributed by atoms with van der Waals surface area (Å²) in [7, 11) is 0. The van der Waals surface area contributed by atoms with E-state index in [1.165, 1.54) is 6.07 Å². The molecule has 1 aliphatic heterocycles. The molecule has 1 aromatic carbocycles. The summed E-state index contributed by atoms with van der Waals surface area (Å²) in [4.78, 5) is 8.60. The highest BCUT2D eigenvalue weighted by molar-refractivity contribution is 5.86. The minimum Gasteiger partial charge on any atom is -0.494 e. The van der Waals surface area contributed by atoms with Gasteiger partial charge in [-0.05, 0) is 18.6 Å². The van der Waals surface area contributed by atoms with Crippen LogP contribution in [0.1, 0.15) is 11.1 Å². The van der Waals surface area contributed by atoms with Crippen LogP contribution in [0.3, 0.4) is 0 Å². The van der Waals surface area contributed by atoms with Gasteiger partial charge in [0.25, 0.3) is 0 Å². The Balaban J connectivity index is 2.01. The number of aliphatic imine (C=N–C) groups is 1. The van der Waals surface area contributed by atoms with Gasteiger partial charge in [0, 0.05) is 11.6 Å². The van der Waals surface area contributed by atoms with E-state index in [0.29, 0.717) is 12.2 Å². The zero-order chi connectivity index (χ0) is 12.7. The standard InChI is InChI=1S/C13H13N3O2/c1-8-3-2-4-10-9(8)6-16(7-14-10)11-5-12(17)15-13(11)18/h2-5,7,15,17-18H,6H2,1H3. The first-order valence-corrected chi connectivity index (χ1v) is 5.65. The van der Waals surface area contributed by atoms with E-state index in [4.69, 9.17) is 0 Å². The molecule has 5 heteroatoms. The van der Waals surface area contributed by atoms with Crippen molar-refractivity contribution < 1.29 is 10.2 Å². The Morgan fingerprint density at radius 1 is 1.33 bits per heavy atom. The molecule has 1 aromatic heterocycles. The Labute approximate surface area is 104 Å². The van der Waals surface area contributed by atoms with Crippen molar-refractivity contribution in [3.63, 3.8) is 0 Å². The molecule has 0 spiro atoms. The van der Waals surface area contributed by atoms with E-state index >= 15 is 0 Å². The second-order valence-corrected chi connectivity index (χ2v) is 4.33. The minimum atomic E-state index is -0.0634. The van der Waals surface area contributed by atoms with E-state index in [-0.39, 0.29) is 11.8 Å². The van der Waals surface area contributed by atoms with Gasteiger partial charge in [-0.1, -0.05) is 12.1 Å². The Morgan fingerprint density at radius 2 is 2.17 bits per heavy atom. The van der Waals surface area contributed by atoms with Gasteiger partial charge in [-0.2, -0.15) is 0 Å². The number of rotatable bonds is 1. The average Bonchev–Trinajstić information content (AvgIpc) is 2.69. The maximum absolute atomic E-state index is 9.68. The van der Waals surface area contributed by atoms with Crippen LogP contribution in [0.4, 0.5) is 11.4 Å². The van der Waals surface area contributed by atoms with Crippen molar-refractivity contribution >= 4 is 17.7 Å². The van der Waals surface area contributed by atoms with Crippen molar-refractivity contribution in [1.82, 2.24) is 4.98 Å². The lowest BCUT2D eigenvalue weighted by atomic mass is 10.1. The van der Waals surface area contributed by atoms with Crippen LogP contribution in [-0.2, 0) is 6.54 Å². The lowest BCUT2D eigenvalue weighted by Gasteiger charge is -2.24. The highest BCUT2D eigenvalue weighted by atomic mass is 16.3. The molecule has 92 valence electrons. The molecule has 0 aliphatic carbocycles. The summed E-state index contributed by atoms with van der Waals surface area (Å²) >= 11 is 0. The fourth-order valence-electron chi connectivity index (χ4n) is 2.14. The zero-order valence-electron chi connectivity index (χ0n) is 9.88. The molecule has 0 radical (unpaired) electrons. The summed E-state index contributed by atoms with van der Waals surface area (Å²) in [5.74, 6) is -0.123. The van der Waals surface area contributed by atoms with Crippen LogP contribution in [0.15, 0.2) is 29.3 Å². The smallest absolute Gasteiger partial charge is 0.215 e. The molecule has 0 fully saturated rings. The fraction of sp³-hybridized carbons (Fsp3) is 0.154. The molecule has 18 heavy (non-hydrogen) atoms. The first-order chi connectivity index (χ1) is 8.65. The maximum Gasteiger partial charge on any atom is 0.215 e. The number of H-pyrrole nitrogens is 1. The number of hydrogen-bond acceptors (Lipinski definition) is 4. The number of aryl methyl sites for hydroxylation is 1. The molecular weight excluding hydrogens is 230 g/mol. The number of anilines is 1. The molecule has 3 N–H and O–H groups in total. The Bertz CT molecular complexity index is 631. The molecule has 0 saturated heterocycles. The summed E-state index contributed by atoms with van der Waals surface area (Å²) in [6.07, 6.45) is 1.66. The number of nitrogens with zero attached hydrogens (tertiary/aromatic N) is 2. The zero-order valence-corrected chi connectivity index (χ0v) is 9.88. The number of benzene rings is 1. The van der Waals surface area contributed by atoms with Gasteiger partial charge in [-0.15, -0.1) is 0 Å². The van der Waals surface area contributed by atoms with Crippen molar-refractivity contribution in [3.8, 4) is 11.8 Å². The molecule has 5 nitrogen and oxygen atoms in total. The normalized spacial score (nSPS) is 13.7. The van der Waals surface area contributed by atoms with Gasteiger partial charge in [-0.25, -0.2) is 4.99 Å². The summed E-state index contributed by atoms with van der Waals surface area (Å²) < 4.78 is 0. The Kier molecular flexibility index (Phi) is 2.26. The number of nitrogens with one attached hydrogen (secondary N) is 1. The molecule has 3 rings (SSSR count). The van der Waals surface area contributed by atoms with Crippen LogP contribution >= 0.6 is 0 Å². The topological polar surface area (TPSA) is 71.8 Å². The number of aromatic amines is 1. The summed E-state index contributed by atoms with van der Waals surface area (Å²) in [5, 5.41) is 19.0. The monoisotopic (exact) mass is 243 g/mol. The van der Waals surface area contributed by atoms with E-state index in [0.717, 1.165) is 16.8 Å². The largest absolute Gasteiger partial charge is 0.494 e. The van der Waals surface area contributed by atoms with Crippen LogP contribution in [0, 0.1) is 6.92 Å². The highest BCUT2D eigenvalue weighted by Crippen LogP contribution is 2.35. The van der Waals surface area contributed by atoms with Gasteiger partial charge in [0.15, 0.2) is 5.88 Å². The van der Waals surface area contributed by atoms with Crippen LogP contribution in [0.25, 0.3) is 0 Å². The number of fused-ring (bicyclic) bond motifs is 1. The third-order valence-electron chi connectivity index (χ3n) is 3.12. The van der Waals surface area contributed by atoms with Crippen molar-refractivity contribution in [2.24, 2.45) is 4.99 Å². The second kappa shape index (κ2) is 3.80. The maximum atomic E-state index is 9.68. The van der Waals surface area contributed by atoms with Crippen molar-refractivity contribution in [3.05, 3.63) is 35.4 Å². The predicted molar refractivity (Wildman–Crippen MR) is 69.6 cm³/mol. The first-order valence-electron chi connectivity index (χ1n) is 5.65. The van der Waals surface area contributed by atoms with E-state index in [1.807, 2.05) is 25.1 Å². The molecule has 2 aromatic rings. The second-order valence-electron chi connectivity index (χ2n) is 4.33. The van der Waals surface area contributed by atoms with Crippen LogP contribution < -0.4 is 4.90 Å². The summed E-state index contributed by atoms with van der Waals surface area (Å²) in [5.41, 5.74) is 3.75. The van der Waals surface area contributed by atoms with Gasteiger partial charge >= 0.3 is 0 Å². The SMILES string of the molecule is Cc1cccc2c1CN(c1cc(O)[nH]c1O)C=N2. The Hall–Kier alpha value is -2.43. The van der Waals surface area contributed by atoms with Crippen LogP contribution in [-0.4, -0.2) is 21.5 Å². The molecular formula is C13H13N3O2. The van der Waals surface area contributed by atoms with Crippen molar-refractivity contribution in [2.45, 2.75) is 13.5 Å². The molecule has 0 amide bonds. The van der Waals surface area contributed by atoms with Gasteiger partial charge in [0.05, 0.1) is 18.6 Å². The van der Waals surface area contributed by atoms with Crippen molar-refractivity contribution in [2.75, 3.05) is 4.90 Å². The van der Waals surface area contributed by atoms with Crippen LogP contribution in [0.5, 0.6) is 11.8 Å². The van der Waals surface area contributed by atoms with E-state index in [1.54, 1.807) is 11.2 Å². The van der Waals surface area contributed by atoms with Crippen LogP contribution in [0.2, 0.25) is 0 Å². The Morgan fingerprint density at radius 3 is 2.89 bits per heavy atom. The highest BCUT2D eigenvalue weighted by Gasteiger charge is 2.19. The van der Waals surface area contributed by atoms with E-state index in [2.05, 4.69) is 9.98 Å². The van der Waals surface area contributed by atoms with E-state index < -0.39 is 0 Å². The third-order valence-corrected chi connectivity index (χ3v) is 3.12. The molecule has 2 heterocycles. The third kappa shape index (κ3) is 1.60. The summed E-state index contributed by atoms with van der Waals surface area (Å²) in [6, 6.07) is 7.45. The fourth-order valence-corrected chi connectivity index (χ4v) is 2.14. The van der Waals surface area contributed by atoms with Gasteiger partial charge in [0.1, 0.15) is 5.69 Å². The quantitative estimate of drug-likeness (QED) is 0.720. The number of hydrogen-bond donors (Lipinski definition) is 3. The number of aromatic hydroxyl groups is 2. The van der Waals surface area contributed by atoms with E-state index in [9.17, 15) is 10.2 Å². The number of aromatic nitrogens is 1. The van der Waals surface area contributed by atoms with Crippen molar-refractivity contribution in [1.29, 1.82) is 0 Å². The lowest BCUT2D eigenvalue weighted by Crippen LogP contribution is -2.23. The first kappa shape index (κ1) is 10.7. The van der Waals surface area contributed by atoms with Gasteiger partial charge < -0.3 is 15.1 Å². The molecule has 0 atom stereocenters. The molecule has 1 aliphatic rings. The minimum absolute atomic E-state index is 0.0593. The predicted octanol–water partition coefficient (Wildman–Crippen LogP) is 2.41. The molecule has 0 unspecified atom stereocenters. The molecule has 0 bridgehead atoms. The lowest BCUT2D eigenvalue weighted by molar-refractivity contribution is 0.425. The van der Waals surface area contributed by atoms with Gasteiger partial charge in [0.2, 0.25) is 5.88 Å². The summed E-state index contributed by atoms with van der Waals surface area (Å²) in [6.45, 7) is 2.66. The van der Waals surface area contributed by atoms with Gasteiger partial charge in [-0.3, -0.25) is 4.98 Å². The molecule has 0 saturated carbocycles. The average molecular weight is 243 g/mol.